The lowest BCUT2D eigenvalue weighted by atomic mass is 10.1. The average Bonchev–Trinajstić information content (AvgIpc) is 2.48. The molecule has 0 saturated carbocycles. The minimum absolute atomic E-state index is 0.348. The van der Waals surface area contributed by atoms with Crippen LogP contribution in [-0.2, 0) is 4.74 Å². The van der Waals surface area contributed by atoms with E-state index >= 15 is 0 Å². The van der Waals surface area contributed by atoms with Gasteiger partial charge in [0.1, 0.15) is 0 Å². The van der Waals surface area contributed by atoms with Crippen LogP contribution in [0.15, 0.2) is 0 Å². The van der Waals surface area contributed by atoms with Crippen LogP contribution in [0.4, 0.5) is 0 Å². The highest BCUT2D eigenvalue weighted by Crippen LogP contribution is 2.07. The maximum Gasteiger partial charge on any atom is 0.0900 e. The summed E-state index contributed by atoms with van der Waals surface area (Å²) in [5.74, 6) is 0.737. The van der Waals surface area contributed by atoms with E-state index in [4.69, 9.17) is 4.74 Å². The van der Waals surface area contributed by atoms with Crippen LogP contribution in [0.5, 0.6) is 0 Å². The summed E-state index contributed by atoms with van der Waals surface area (Å²) < 4.78 is 5.58. The standard InChI is InChI=1S/C19H41NO2/c1-5-7-8-9-10-11-14-20(6-2)16-19(21)17-22-15-12-13-18(3)4/h18-19,21H,5-17H2,1-4H3. The van der Waals surface area contributed by atoms with Gasteiger partial charge in [-0.2, -0.15) is 0 Å². The van der Waals surface area contributed by atoms with Gasteiger partial charge in [0.2, 0.25) is 0 Å². The second-order valence-electron chi connectivity index (χ2n) is 6.93. The van der Waals surface area contributed by atoms with Crippen LogP contribution in [0.1, 0.15) is 79.1 Å². The Morgan fingerprint density at radius 1 is 0.955 bits per heavy atom. The molecule has 0 rings (SSSR count). The van der Waals surface area contributed by atoms with Gasteiger partial charge < -0.3 is 14.7 Å². The minimum atomic E-state index is -0.348. The van der Waals surface area contributed by atoms with E-state index < -0.39 is 0 Å². The number of likely N-dealkylation sites (N-methyl/N-ethyl adjacent to an activating group) is 1. The second kappa shape index (κ2) is 15.8. The van der Waals surface area contributed by atoms with Crippen molar-refractivity contribution in [1.82, 2.24) is 4.90 Å². The van der Waals surface area contributed by atoms with Gasteiger partial charge in [0, 0.05) is 13.2 Å². The maximum absolute atomic E-state index is 10.1. The molecule has 22 heavy (non-hydrogen) atoms. The maximum atomic E-state index is 10.1. The molecule has 0 aromatic heterocycles. The third kappa shape index (κ3) is 14.8. The Hall–Kier alpha value is -0.120. The first kappa shape index (κ1) is 21.9. The van der Waals surface area contributed by atoms with Crippen LogP contribution >= 0.6 is 0 Å². The van der Waals surface area contributed by atoms with Crippen molar-refractivity contribution in [3.05, 3.63) is 0 Å². The van der Waals surface area contributed by atoms with E-state index in [0.717, 1.165) is 38.6 Å². The van der Waals surface area contributed by atoms with Gasteiger partial charge in [-0.15, -0.1) is 0 Å². The van der Waals surface area contributed by atoms with Crippen LogP contribution < -0.4 is 0 Å². The molecule has 0 heterocycles. The topological polar surface area (TPSA) is 32.7 Å². The first-order valence-electron chi connectivity index (χ1n) is 9.58. The van der Waals surface area contributed by atoms with Crippen molar-refractivity contribution < 1.29 is 9.84 Å². The monoisotopic (exact) mass is 315 g/mol. The van der Waals surface area contributed by atoms with Gasteiger partial charge in [0.15, 0.2) is 0 Å². The number of nitrogens with zero attached hydrogens (tertiary/aromatic N) is 1. The molecule has 0 aliphatic rings. The Morgan fingerprint density at radius 2 is 1.64 bits per heavy atom. The summed E-state index contributed by atoms with van der Waals surface area (Å²) in [6.07, 6.45) is 9.92. The smallest absolute Gasteiger partial charge is 0.0900 e. The van der Waals surface area contributed by atoms with E-state index in [1.165, 1.54) is 44.9 Å². The number of hydrogen-bond acceptors (Lipinski definition) is 3. The molecule has 0 saturated heterocycles. The molecule has 1 unspecified atom stereocenters. The predicted molar refractivity (Wildman–Crippen MR) is 96.4 cm³/mol. The Balaban J connectivity index is 3.55. The first-order chi connectivity index (χ1) is 10.6. The Bertz CT molecular complexity index is 221. The first-order valence-corrected chi connectivity index (χ1v) is 9.58. The lowest BCUT2D eigenvalue weighted by Gasteiger charge is -2.23. The molecule has 1 N–H and O–H groups in total. The zero-order valence-electron chi connectivity index (χ0n) is 15.6. The molecule has 134 valence electrons. The van der Waals surface area contributed by atoms with Crippen molar-refractivity contribution in [3.8, 4) is 0 Å². The highest BCUT2D eigenvalue weighted by Gasteiger charge is 2.10. The third-order valence-corrected chi connectivity index (χ3v) is 4.12. The Kier molecular flexibility index (Phi) is 15.7. The molecular weight excluding hydrogens is 274 g/mol. The largest absolute Gasteiger partial charge is 0.389 e. The summed E-state index contributed by atoms with van der Waals surface area (Å²) in [6, 6.07) is 0. The molecule has 0 spiro atoms. The van der Waals surface area contributed by atoms with Crippen molar-refractivity contribution in [1.29, 1.82) is 0 Å². The van der Waals surface area contributed by atoms with Gasteiger partial charge in [-0.05, 0) is 38.3 Å². The number of unbranched alkanes of at least 4 members (excludes halogenated alkanes) is 5. The van der Waals surface area contributed by atoms with Crippen molar-refractivity contribution in [2.45, 2.75) is 85.2 Å². The highest BCUT2D eigenvalue weighted by atomic mass is 16.5. The van der Waals surface area contributed by atoms with Gasteiger partial charge in [0.05, 0.1) is 12.7 Å². The summed E-state index contributed by atoms with van der Waals surface area (Å²) >= 11 is 0. The van der Waals surface area contributed by atoms with Gasteiger partial charge in [-0.3, -0.25) is 0 Å². The summed E-state index contributed by atoms with van der Waals surface area (Å²) in [6.45, 7) is 13.0. The number of rotatable bonds is 16. The molecule has 0 bridgehead atoms. The van der Waals surface area contributed by atoms with E-state index in [0.29, 0.717) is 6.61 Å². The highest BCUT2D eigenvalue weighted by molar-refractivity contribution is 4.63. The second-order valence-corrected chi connectivity index (χ2v) is 6.93. The quantitative estimate of drug-likeness (QED) is 0.426. The molecule has 0 aromatic rings. The van der Waals surface area contributed by atoms with E-state index in [1.54, 1.807) is 0 Å². The number of hydrogen-bond donors (Lipinski definition) is 1. The van der Waals surface area contributed by atoms with Crippen LogP contribution in [0, 0.1) is 5.92 Å². The lowest BCUT2D eigenvalue weighted by Crippen LogP contribution is -2.35. The van der Waals surface area contributed by atoms with Gasteiger partial charge in [0.25, 0.3) is 0 Å². The van der Waals surface area contributed by atoms with Crippen LogP contribution in [0.25, 0.3) is 0 Å². The fourth-order valence-electron chi connectivity index (χ4n) is 2.66. The molecule has 0 amide bonds. The molecule has 3 heteroatoms. The van der Waals surface area contributed by atoms with Crippen molar-refractivity contribution >= 4 is 0 Å². The fourth-order valence-corrected chi connectivity index (χ4v) is 2.66. The Morgan fingerprint density at radius 3 is 2.27 bits per heavy atom. The number of aliphatic hydroxyl groups excluding tert-OH is 1. The van der Waals surface area contributed by atoms with Crippen LogP contribution in [-0.4, -0.2) is 49.0 Å². The molecule has 0 aliphatic heterocycles. The molecule has 0 fully saturated rings. The molecule has 3 nitrogen and oxygen atoms in total. The van der Waals surface area contributed by atoms with Crippen LogP contribution in [0.3, 0.4) is 0 Å². The normalized spacial score (nSPS) is 13.2. The summed E-state index contributed by atoms with van der Waals surface area (Å²) in [4.78, 5) is 2.35. The van der Waals surface area contributed by atoms with E-state index in [2.05, 4.69) is 32.6 Å². The summed E-state index contributed by atoms with van der Waals surface area (Å²) in [5, 5.41) is 10.1. The zero-order valence-corrected chi connectivity index (χ0v) is 15.6. The molecule has 0 aliphatic carbocycles. The van der Waals surface area contributed by atoms with E-state index in [-0.39, 0.29) is 6.10 Å². The van der Waals surface area contributed by atoms with E-state index in [9.17, 15) is 5.11 Å². The van der Waals surface area contributed by atoms with Crippen molar-refractivity contribution in [2.24, 2.45) is 5.92 Å². The van der Waals surface area contributed by atoms with Gasteiger partial charge in [-0.1, -0.05) is 59.8 Å². The van der Waals surface area contributed by atoms with Gasteiger partial charge >= 0.3 is 0 Å². The molecule has 1 atom stereocenters. The molecule has 0 aromatic carbocycles. The summed E-state index contributed by atoms with van der Waals surface area (Å²) in [7, 11) is 0. The lowest BCUT2D eigenvalue weighted by molar-refractivity contribution is 0.0155. The zero-order chi connectivity index (χ0) is 16.6. The number of aliphatic hydroxyl groups is 1. The molecular formula is C19H41NO2. The van der Waals surface area contributed by atoms with E-state index in [1.807, 2.05) is 0 Å². The average molecular weight is 316 g/mol. The number of ether oxygens (including phenoxy) is 1. The minimum Gasteiger partial charge on any atom is -0.389 e. The van der Waals surface area contributed by atoms with Crippen molar-refractivity contribution in [3.63, 3.8) is 0 Å². The Labute approximate surface area is 139 Å². The summed E-state index contributed by atoms with van der Waals surface area (Å²) in [5.41, 5.74) is 0. The fraction of sp³-hybridized carbons (Fsp3) is 1.00. The predicted octanol–water partition coefficient (Wildman–Crippen LogP) is 4.48. The van der Waals surface area contributed by atoms with Crippen LogP contribution in [0.2, 0.25) is 0 Å². The molecule has 0 radical (unpaired) electrons. The van der Waals surface area contributed by atoms with Crippen molar-refractivity contribution in [2.75, 3.05) is 32.8 Å². The SMILES string of the molecule is CCCCCCCCN(CC)CC(O)COCCCC(C)C. The third-order valence-electron chi connectivity index (χ3n) is 4.12. The van der Waals surface area contributed by atoms with Gasteiger partial charge in [-0.25, -0.2) is 0 Å².